The summed E-state index contributed by atoms with van der Waals surface area (Å²) in [6.07, 6.45) is 2.68. The van der Waals surface area contributed by atoms with Crippen LogP contribution in [0.1, 0.15) is 31.5 Å². The molecule has 0 spiro atoms. The zero-order chi connectivity index (χ0) is 13.7. The molecule has 5 heteroatoms. The van der Waals surface area contributed by atoms with E-state index < -0.39 is 0 Å². The quantitative estimate of drug-likeness (QED) is 0.793. The Morgan fingerprint density at radius 2 is 2.17 bits per heavy atom. The van der Waals surface area contributed by atoms with E-state index in [0.717, 1.165) is 17.7 Å². The highest BCUT2D eigenvalue weighted by Gasteiger charge is 2.18. The predicted molar refractivity (Wildman–Crippen MR) is 72.1 cm³/mol. The lowest BCUT2D eigenvalue weighted by Crippen LogP contribution is -2.43. The fourth-order valence-corrected chi connectivity index (χ4v) is 1.88. The fraction of sp³-hybridized carbons (Fsp3) is 0.692. The molecule has 1 amide bonds. The molecular formula is C13H24N4O. The van der Waals surface area contributed by atoms with Crippen LogP contribution < -0.4 is 10.6 Å². The van der Waals surface area contributed by atoms with Gasteiger partial charge in [0, 0.05) is 31.9 Å². The lowest BCUT2D eigenvalue weighted by molar-refractivity contribution is -0.123. The lowest BCUT2D eigenvalue weighted by atomic mass is 10.0. The Bertz CT molecular complexity index is 398. The minimum atomic E-state index is -0.144. The number of carbonyl (C=O) groups is 1. The van der Waals surface area contributed by atoms with Crippen LogP contribution in [-0.2, 0) is 18.4 Å². The van der Waals surface area contributed by atoms with E-state index in [0.29, 0.717) is 12.5 Å². The van der Waals surface area contributed by atoms with Crippen molar-refractivity contribution < 1.29 is 4.79 Å². The molecule has 2 N–H and O–H groups in total. The molecule has 0 aliphatic heterocycles. The van der Waals surface area contributed by atoms with Gasteiger partial charge in [-0.25, -0.2) is 0 Å². The van der Waals surface area contributed by atoms with E-state index in [9.17, 15) is 4.79 Å². The van der Waals surface area contributed by atoms with Gasteiger partial charge in [0.15, 0.2) is 0 Å². The van der Waals surface area contributed by atoms with Crippen LogP contribution in [0.5, 0.6) is 0 Å². The van der Waals surface area contributed by atoms with Crippen molar-refractivity contribution in [3.05, 3.63) is 17.5 Å². The first-order valence-corrected chi connectivity index (χ1v) is 6.38. The molecule has 18 heavy (non-hydrogen) atoms. The molecule has 0 aromatic carbocycles. The van der Waals surface area contributed by atoms with E-state index in [1.165, 1.54) is 0 Å². The van der Waals surface area contributed by atoms with Crippen molar-refractivity contribution >= 4 is 5.91 Å². The molecule has 0 saturated carbocycles. The smallest absolute Gasteiger partial charge is 0.236 e. The summed E-state index contributed by atoms with van der Waals surface area (Å²) in [5.41, 5.74) is 2.26. The Morgan fingerprint density at radius 3 is 2.61 bits per heavy atom. The van der Waals surface area contributed by atoms with Crippen molar-refractivity contribution in [1.82, 2.24) is 20.4 Å². The van der Waals surface area contributed by atoms with E-state index in [1.54, 1.807) is 7.05 Å². The average molecular weight is 252 g/mol. The first kappa shape index (κ1) is 14.7. The SMILES string of the molecule is CNC(=O)C(CC(C)C)NCc1cnn(C)c1C. The normalized spacial score (nSPS) is 12.8. The number of hydrogen-bond donors (Lipinski definition) is 2. The maximum absolute atomic E-state index is 11.8. The summed E-state index contributed by atoms with van der Waals surface area (Å²) in [4.78, 5) is 11.8. The summed E-state index contributed by atoms with van der Waals surface area (Å²) in [5, 5.41) is 10.2. The Labute approximate surface area is 109 Å². The molecule has 0 aliphatic rings. The molecule has 1 unspecified atom stereocenters. The van der Waals surface area contributed by atoms with E-state index >= 15 is 0 Å². The van der Waals surface area contributed by atoms with E-state index in [1.807, 2.05) is 24.9 Å². The Balaban J connectivity index is 2.61. The van der Waals surface area contributed by atoms with Gasteiger partial charge in [-0.05, 0) is 19.3 Å². The molecule has 1 heterocycles. The van der Waals surface area contributed by atoms with Gasteiger partial charge >= 0.3 is 0 Å². The second-order valence-corrected chi connectivity index (χ2v) is 5.06. The summed E-state index contributed by atoms with van der Waals surface area (Å²) in [6.45, 7) is 6.94. The molecule has 0 aliphatic carbocycles. The number of likely N-dealkylation sites (N-methyl/N-ethyl adjacent to an activating group) is 1. The summed E-state index contributed by atoms with van der Waals surface area (Å²) in [6, 6.07) is -0.144. The minimum Gasteiger partial charge on any atom is -0.358 e. The molecule has 1 rings (SSSR count). The molecule has 102 valence electrons. The number of aryl methyl sites for hydroxylation is 1. The summed E-state index contributed by atoms with van der Waals surface area (Å²) < 4.78 is 1.84. The molecule has 1 atom stereocenters. The summed E-state index contributed by atoms with van der Waals surface area (Å²) >= 11 is 0. The highest BCUT2D eigenvalue weighted by atomic mass is 16.2. The van der Waals surface area contributed by atoms with Crippen LogP contribution in [0.25, 0.3) is 0 Å². The first-order chi connectivity index (χ1) is 8.45. The predicted octanol–water partition coefficient (Wildman–Crippen LogP) is 0.979. The third-order valence-corrected chi connectivity index (χ3v) is 3.15. The number of carbonyl (C=O) groups excluding carboxylic acids is 1. The second-order valence-electron chi connectivity index (χ2n) is 5.06. The molecule has 0 bridgehead atoms. The van der Waals surface area contributed by atoms with Gasteiger partial charge in [-0.1, -0.05) is 13.8 Å². The number of aromatic nitrogens is 2. The van der Waals surface area contributed by atoms with Crippen LogP contribution in [-0.4, -0.2) is 28.8 Å². The Kier molecular flexibility index (Phi) is 5.34. The van der Waals surface area contributed by atoms with Crippen LogP contribution in [0.2, 0.25) is 0 Å². The fourth-order valence-electron chi connectivity index (χ4n) is 1.88. The van der Waals surface area contributed by atoms with Gasteiger partial charge in [0.25, 0.3) is 0 Å². The van der Waals surface area contributed by atoms with Gasteiger partial charge in [-0.15, -0.1) is 0 Å². The van der Waals surface area contributed by atoms with Gasteiger partial charge in [-0.2, -0.15) is 5.10 Å². The molecule has 0 radical (unpaired) electrons. The summed E-state index contributed by atoms with van der Waals surface area (Å²) in [7, 11) is 3.59. The monoisotopic (exact) mass is 252 g/mol. The van der Waals surface area contributed by atoms with Gasteiger partial charge < -0.3 is 10.6 Å². The molecule has 0 fully saturated rings. The standard InChI is InChI=1S/C13H24N4O/c1-9(2)6-12(13(18)14-4)15-7-11-8-16-17(5)10(11)3/h8-9,12,15H,6-7H2,1-5H3,(H,14,18). The van der Waals surface area contributed by atoms with Crippen molar-refractivity contribution in [3.63, 3.8) is 0 Å². The number of nitrogens with zero attached hydrogens (tertiary/aromatic N) is 2. The molecular weight excluding hydrogens is 228 g/mol. The van der Waals surface area contributed by atoms with Gasteiger partial charge in [0.05, 0.1) is 12.2 Å². The molecule has 0 saturated heterocycles. The zero-order valence-corrected chi connectivity index (χ0v) is 11.9. The third-order valence-electron chi connectivity index (χ3n) is 3.15. The van der Waals surface area contributed by atoms with Crippen LogP contribution in [0, 0.1) is 12.8 Å². The average Bonchev–Trinajstić information content (AvgIpc) is 2.64. The molecule has 1 aromatic heterocycles. The molecule has 5 nitrogen and oxygen atoms in total. The number of nitrogens with one attached hydrogen (secondary N) is 2. The van der Waals surface area contributed by atoms with Crippen molar-refractivity contribution in [1.29, 1.82) is 0 Å². The van der Waals surface area contributed by atoms with Crippen molar-refractivity contribution in [3.8, 4) is 0 Å². The number of hydrogen-bond acceptors (Lipinski definition) is 3. The zero-order valence-electron chi connectivity index (χ0n) is 11.9. The van der Waals surface area contributed by atoms with Crippen molar-refractivity contribution in [2.75, 3.05) is 7.05 Å². The van der Waals surface area contributed by atoms with Gasteiger partial charge in [0.2, 0.25) is 5.91 Å². The topological polar surface area (TPSA) is 59.0 Å². The van der Waals surface area contributed by atoms with Crippen molar-refractivity contribution in [2.45, 2.75) is 39.8 Å². The first-order valence-electron chi connectivity index (χ1n) is 6.38. The van der Waals surface area contributed by atoms with Crippen LogP contribution >= 0.6 is 0 Å². The highest BCUT2D eigenvalue weighted by molar-refractivity contribution is 5.81. The Morgan fingerprint density at radius 1 is 1.50 bits per heavy atom. The summed E-state index contributed by atoms with van der Waals surface area (Å²) in [5.74, 6) is 0.528. The van der Waals surface area contributed by atoms with E-state index in [2.05, 4.69) is 29.6 Å². The van der Waals surface area contributed by atoms with Crippen LogP contribution in [0.4, 0.5) is 0 Å². The van der Waals surface area contributed by atoms with Gasteiger partial charge in [0.1, 0.15) is 0 Å². The minimum absolute atomic E-state index is 0.0465. The van der Waals surface area contributed by atoms with E-state index in [-0.39, 0.29) is 11.9 Å². The van der Waals surface area contributed by atoms with Crippen molar-refractivity contribution in [2.24, 2.45) is 13.0 Å². The largest absolute Gasteiger partial charge is 0.358 e. The Hall–Kier alpha value is -1.36. The maximum atomic E-state index is 11.8. The van der Waals surface area contributed by atoms with Crippen LogP contribution in [0.3, 0.4) is 0 Å². The maximum Gasteiger partial charge on any atom is 0.236 e. The number of rotatable bonds is 6. The van der Waals surface area contributed by atoms with Crippen LogP contribution in [0.15, 0.2) is 6.20 Å². The highest BCUT2D eigenvalue weighted by Crippen LogP contribution is 2.09. The molecule has 1 aromatic rings. The number of amides is 1. The third kappa shape index (κ3) is 3.84. The van der Waals surface area contributed by atoms with E-state index in [4.69, 9.17) is 0 Å². The second kappa shape index (κ2) is 6.54. The van der Waals surface area contributed by atoms with Gasteiger partial charge in [-0.3, -0.25) is 9.48 Å². The lowest BCUT2D eigenvalue weighted by Gasteiger charge is -2.19.